The Hall–Kier alpha value is -2.48. The van der Waals surface area contributed by atoms with Gasteiger partial charge in [0.2, 0.25) is 0 Å². The number of aromatic hydroxyl groups is 1. The largest absolute Gasteiger partial charge is 0.502 e. The van der Waals surface area contributed by atoms with Crippen molar-refractivity contribution in [2.24, 2.45) is 0 Å². The minimum Gasteiger partial charge on any atom is -0.502 e. The summed E-state index contributed by atoms with van der Waals surface area (Å²) >= 11 is 1.24. The molecule has 8 heteroatoms. The van der Waals surface area contributed by atoms with Crippen molar-refractivity contribution in [1.82, 2.24) is 4.98 Å². The van der Waals surface area contributed by atoms with Crippen molar-refractivity contribution >= 4 is 28.1 Å². The molecule has 18 heavy (non-hydrogen) atoms. The Morgan fingerprint density at radius 1 is 1.50 bits per heavy atom. The summed E-state index contributed by atoms with van der Waals surface area (Å²) in [7, 11) is 0. The maximum atomic E-state index is 11.7. The van der Waals surface area contributed by atoms with Crippen LogP contribution in [0, 0.1) is 10.1 Å². The number of nitrogens with one attached hydrogen (secondary N) is 1. The van der Waals surface area contributed by atoms with Gasteiger partial charge in [-0.3, -0.25) is 20.2 Å². The number of benzene rings is 1. The van der Waals surface area contributed by atoms with Crippen LogP contribution < -0.4 is 5.32 Å². The summed E-state index contributed by atoms with van der Waals surface area (Å²) in [5.41, 5.74) is -0.325. The minimum absolute atomic E-state index is 0.119. The van der Waals surface area contributed by atoms with Crippen LogP contribution >= 0.6 is 11.3 Å². The monoisotopic (exact) mass is 265 g/mol. The highest BCUT2D eigenvalue weighted by molar-refractivity contribution is 7.13. The fourth-order valence-electron chi connectivity index (χ4n) is 1.27. The van der Waals surface area contributed by atoms with Crippen LogP contribution in [0.5, 0.6) is 5.75 Å². The zero-order chi connectivity index (χ0) is 13.1. The Balaban J connectivity index is 2.21. The molecule has 0 aliphatic heterocycles. The van der Waals surface area contributed by atoms with Crippen LogP contribution in [0.4, 0.5) is 10.8 Å². The van der Waals surface area contributed by atoms with E-state index >= 15 is 0 Å². The molecule has 0 fully saturated rings. The highest BCUT2D eigenvalue weighted by Crippen LogP contribution is 2.26. The summed E-state index contributed by atoms with van der Waals surface area (Å²) in [5.74, 6) is -1.04. The summed E-state index contributed by atoms with van der Waals surface area (Å²) in [4.78, 5) is 25.4. The number of nitrogens with zero attached hydrogens (tertiary/aromatic N) is 2. The standard InChI is InChI=1S/C10H7N3O4S/c14-8-5-6(1-2-7(8)13(16)17)9(15)12-10-11-3-4-18-10/h1-5,14H,(H,11,12,15). The van der Waals surface area contributed by atoms with Gasteiger partial charge in [-0.1, -0.05) is 0 Å². The normalized spacial score (nSPS) is 10.0. The first kappa shape index (κ1) is 12.0. The molecule has 2 N–H and O–H groups in total. The first-order valence-corrected chi connectivity index (χ1v) is 5.64. The second-order valence-electron chi connectivity index (χ2n) is 3.25. The summed E-state index contributed by atoms with van der Waals surface area (Å²) in [5, 5.41) is 24.5. The minimum atomic E-state index is -0.724. The fraction of sp³-hybridized carbons (Fsp3) is 0. The molecule has 1 heterocycles. The van der Waals surface area contributed by atoms with E-state index in [2.05, 4.69) is 10.3 Å². The number of carbonyl (C=O) groups excluding carboxylic acids is 1. The van der Waals surface area contributed by atoms with Gasteiger partial charge in [0.15, 0.2) is 10.9 Å². The van der Waals surface area contributed by atoms with Crippen LogP contribution in [-0.2, 0) is 0 Å². The van der Waals surface area contributed by atoms with Crippen LogP contribution in [0.25, 0.3) is 0 Å². The summed E-state index contributed by atoms with van der Waals surface area (Å²) in [6.45, 7) is 0. The number of thiazole rings is 1. The average Bonchev–Trinajstić information content (AvgIpc) is 2.81. The SMILES string of the molecule is O=C(Nc1nccs1)c1ccc([N+](=O)[O-])c(O)c1. The molecule has 2 aromatic rings. The zero-order valence-corrected chi connectivity index (χ0v) is 9.68. The number of rotatable bonds is 3. The zero-order valence-electron chi connectivity index (χ0n) is 8.86. The number of amides is 1. The van der Waals surface area contributed by atoms with Gasteiger partial charge in [-0.25, -0.2) is 4.98 Å². The van der Waals surface area contributed by atoms with Crippen LogP contribution in [0.1, 0.15) is 10.4 Å². The number of hydrogen-bond acceptors (Lipinski definition) is 6. The lowest BCUT2D eigenvalue weighted by molar-refractivity contribution is -0.385. The summed E-state index contributed by atoms with van der Waals surface area (Å²) in [6.07, 6.45) is 1.54. The third-order valence-electron chi connectivity index (χ3n) is 2.09. The quantitative estimate of drug-likeness (QED) is 0.652. The van der Waals surface area contributed by atoms with E-state index in [1.807, 2.05) is 0 Å². The van der Waals surface area contributed by atoms with E-state index in [9.17, 15) is 20.0 Å². The van der Waals surface area contributed by atoms with E-state index in [0.717, 1.165) is 12.1 Å². The van der Waals surface area contributed by atoms with Gasteiger partial charge in [0.25, 0.3) is 5.91 Å². The number of nitro groups is 1. The first-order valence-electron chi connectivity index (χ1n) is 4.76. The van der Waals surface area contributed by atoms with Crippen molar-refractivity contribution in [1.29, 1.82) is 0 Å². The molecule has 0 radical (unpaired) electrons. The lowest BCUT2D eigenvalue weighted by Crippen LogP contribution is -2.11. The van der Waals surface area contributed by atoms with E-state index in [0.29, 0.717) is 5.13 Å². The molecule has 0 unspecified atom stereocenters. The highest BCUT2D eigenvalue weighted by atomic mass is 32.1. The molecule has 0 saturated heterocycles. The van der Waals surface area contributed by atoms with Gasteiger partial charge in [0.05, 0.1) is 4.92 Å². The van der Waals surface area contributed by atoms with E-state index < -0.39 is 22.3 Å². The molecule has 0 bridgehead atoms. The second-order valence-corrected chi connectivity index (χ2v) is 4.15. The molecule has 0 saturated carbocycles. The number of hydrogen-bond donors (Lipinski definition) is 2. The van der Waals surface area contributed by atoms with Crippen LogP contribution in [0.2, 0.25) is 0 Å². The third kappa shape index (κ3) is 2.43. The molecule has 0 aliphatic carbocycles. The van der Waals surface area contributed by atoms with Crippen LogP contribution in [-0.4, -0.2) is 20.9 Å². The van der Waals surface area contributed by atoms with Gasteiger partial charge in [-0.15, -0.1) is 11.3 Å². The molecule has 1 aromatic carbocycles. The van der Waals surface area contributed by atoms with Crippen molar-refractivity contribution in [3.05, 3.63) is 45.5 Å². The number of carbonyl (C=O) groups is 1. The molecule has 1 amide bonds. The van der Waals surface area contributed by atoms with Gasteiger partial charge in [0.1, 0.15) is 0 Å². The molecule has 0 atom stereocenters. The molecule has 2 rings (SSSR count). The van der Waals surface area contributed by atoms with E-state index in [4.69, 9.17) is 0 Å². The smallest absolute Gasteiger partial charge is 0.310 e. The Morgan fingerprint density at radius 2 is 2.28 bits per heavy atom. The second kappa shape index (κ2) is 4.80. The fourth-order valence-corrected chi connectivity index (χ4v) is 1.80. The van der Waals surface area contributed by atoms with Gasteiger partial charge in [-0.2, -0.15) is 0 Å². The molecular formula is C10H7N3O4S. The third-order valence-corrected chi connectivity index (χ3v) is 2.78. The lowest BCUT2D eigenvalue weighted by Gasteiger charge is -2.02. The lowest BCUT2D eigenvalue weighted by atomic mass is 10.2. The highest BCUT2D eigenvalue weighted by Gasteiger charge is 2.16. The Kier molecular flexibility index (Phi) is 3.20. The van der Waals surface area contributed by atoms with Gasteiger partial charge < -0.3 is 5.11 Å². The molecule has 92 valence electrons. The molecule has 0 aliphatic rings. The Bertz CT molecular complexity index is 597. The number of anilines is 1. The van der Waals surface area contributed by atoms with E-state index in [1.165, 1.54) is 23.6 Å². The van der Waals surface area contributed by atoms with Gasteiger partial charge in [0, 0.05) is 23.2 Å². The van der Waals surface area contributed by atoms with Crippen molar-refractivity contribution in [2.45, 2.75) is 0 Å². The molecular weight excluding hydrogens is 258 g/mol. The van der Waals surface area contributed by atoms with Crippen molar-refractivity contribution in [3.8, 4) is 5.75 Å². The van der Waals surface area contributed by atoms with E-state index in [1.54, 1.807) is 5.38 Å². The van der Waals surface area contributed by atoms with Crippen molar-refractivity contribution < 1.29 is 14.8 Å². The maximum Gasteiger partial charge on any atom is 0.310 e. The number of phenolic OH excluding ortho intramolecular Hbond substituents is 1. The summed E-state index contributed by atoms with van der Waals surface area (Å²) < 4.78 is 0. The maximum absolute atomic E-state index is 11.7. The number of nitro benzene ring substituents is 1. The first-order chi connectivity index (χ1) is 8.58. The predicted molar refractivity (Wildman–Crippen MR) is 64.8 cm³/mol. The van der Waals surface area contributed by atoms with Gasteiger partial charge in [-0.05, 0) is 12.1 Å². The topological polar surface area (TPSA) is 105 Å². The molecule has 1 aromatic heterocycles. The Labute approximate surface area is 105 Å². The van der Waals surface area contributed by atoms with Crippen molar-refractivity contribution in [2.75, 3.05) is 5.32 Å². The average molecular weight is 265 g/mol. The summed E-state index contributed by atoms with van der Waals surface area (Å²) in [6, 6.07) is 3.38. The van der Waals surface area contributed by atoms with Crippen LogP contribution in [0.15, 0.2) is 29.8 Å². The number of aromatic nitrogens is 1. The Morgan fingerprint density at radius 3 is 2.83 bits per heavy atom. The number of phenols is 1. The molecule has 7 nitrogen and oxygen atoms in total. The van der Waals surface area contributed by atoms with Crippen molar-refractivity contribution in [3.63, 3.8) is 0 Å². The van der Waals surface area contributed by atoms with E-state index in [-0.39, 0.29) is 5.56 Å². The van der Waals surface area contributed by atoms with Crippen LogP contribution in [0.3, 0.4) is 0 Å². The van der Waals surface area contributed by atoms with Gasteiger partial charge >= 0.3 is 5.69 Å². The molecule has 0 spiro atoms. The predicted octanol–water partition coefficient (Wildman–Crippen LogP) is 2.01.